The van der Waals surface area contributed by atoms with Crippen molar-refractivity contribution in [1.82, 2.24) is 10.2 Å². The van der Waals surface area contributed by atoms with Gasteiger partial charge in [0.05, 0.1) is 0 Å². The van der Waals surface area contributed by atoms with Crippen LogP contribution in [0.3, 0.4) is 0 Å². The van der Waals surface area contributed by atoms with Gasteiger partial charge in [-0.3, -0.25) is 4.99 Å². The Hall–Kier alpha value is -1.36. The first kappa shape index (κ1) is 18.0. The minimum Gasteiger partial charge on any atom is -0.370 e. The molecule has 0 spiro atoms. The number of likely N-dealkylation sites (tertiary alicyclic amines) is 1. The van der Waals surface area contributed by atoms with Gasteiger partial charge in [0, 0.05) is 57.0 Å². The van der Waals surface area contributed by atoms with Crippen LogP contribution in [0.15, 0.2) is 29.3 Å². The zero-order valence-corrected chi connectivity index (χ0v) is 16.8. The summed E-state index contributed by atoms with van der Waals surface area (Å²) in [6, 6.07) is 9.09. The third kappa shape index (κ3) is 4.13. The zero-order chi connectivity index (χ0) is 17.8. The Morgan fingerprint density at radius 1 is 1.08 bits per heavy atom. The number of thioether (sulfide) groups is 1. The molecule has 26 heavy (non-hydrogen) atoms. The molecule has 1 saturated carbocycles. The summed E-state index contributed by atoms with van der Waals surface area (Å²) in [6.45, 7) is 5.58. The van der Waals surface area contributed by atoms with E-state index in [1.807, 2.05) is 7.05 Å². The topological polar surface area (TPSA) is 30.9 Å². The van der Waals surface area contributed by atoms with Crippen LogP contribution in [0.1, 0.15) is 31.2 Å². The van der Waals surface area contributed by atoms with E-state index in [1.54, 1.807) is 0 Å². The number of anilines is 1. The smallest absolute Gasteiger partial charge is 0.193 e. The Bertz CT molecular complexity index is 595. The molecule has 1 N–H and O–H groups in total. The standard InChI is InChI=1S/C21H32N4S/c1-22-21(25-15-18-4-2-3-5-19(18)16-25)23-14-17-6-8-20(9-7-17)24-10-12-26-13-11-24/h6-9,18-19H,2-5,10-16H2,1H3,(H,22,23). The quantitative estimate of drug-likeness (QED) is 0.650. The van der Waals surface area contributed by atoms with Crippen LogP contribution in [-0.4, -0.2) is 55.6 Å². The van der Waals surface area contributed by atoms with Gasteiger partial charge in [-0.25, -0.2) is 0 Å². The summed E-state index contributed by atoms with van der Waals surface area (Å²) in [6.07, 6.45) is 5.66. The van der Waals surface area contributed by atoms with Crippen molar-refractivity contribution in [3.8, 4) is 0 Å². The molecule has 0 bridgehead atoms. The molecule has 3 fully saturated rings. The van der Waals surface area contributed by atoms with Crippen LogP contribution in [0.4, 0.5) is 5.69 Å². The van der Waals surface area contributed by atoms with E-state index >= 15 is 0 Å². The fraction of sp³-hybridized carbons (Fsp3) is 0.667. The van der Waals surface area contributed by atoms with E-state index < -0.39 is 0 Å². The summed E-state index contributed by atoms with van der Waals surface area (Å²) in [7, 11) is 1.92. The van der Waals surface area contributed by atoms with Crippen molar-refractivity contribution >= 4 is 23.4 Å². The lowest BCUT2D eigenvalue weighted by Crippen LogP contribution is -2.39. The van der Waals surface area contributed by atoms with Crippen molar-refractivity contribution in [3.05, 3.63) is 29.8 Å². The lowest BCUT2D eigenvalue weighted by atomic mass is 9.82. The van der Waals surface area contributed by atoms with E-state index in [1.165, 1.54) is 74.6 Å². The zero-order valence-electron chi connectivity index (χ0n) is 16.0. The Morgan fingerprint density at radius 3 is 2.35 bits per heavy atom. The molecule has 2 unspecified atom stereocenters. The highest BCUT2D eigenvalue weighted by Crippen LogP contribution is 2.35. The predicted molar refractivity (Wildman–Crippen MR) is 113 cm³/mol. The number of hydrogen-bond acceptors (Lipinski definition) is 3. The van der Waals surface area contributed by atoms with Gasteiger partial charge in [-0.15, -0.1) is 0 Å². The monoisotopic (exact) mass is 372 g/mol. The Morgan fingerprint density at radius 2 is 1.73 bits per heavy atom. The van der Waals surface area contributed by atoms with Gasteiger partial charge >= 0.3 is 0 Å². The third-order valence-electron chi connectivity index (χ3n) is 6.25. The maximum Gasteiger partial charge on any atom is 0.193 e. The molecule has 4 nitrogen and oxygen atoms in total. The number of fused-ring (bicyclic) bond motifs is 1. The molecule has 5 heteroatoms. The highest BCUT2D eigenvalue weighted by molar-refractivity contribution is 7.99. The number of guanidine groups is 1. The molecule has 142 valence electrons. The summed E-state index contributed by atoms with van der Waals surface area (Å²) in [5.41, 5.74) is 2.69. The van der Waals surface area contributed by atoms with Crippen molar-refractivity contribution in [1.29, 1.82) is 0 Å². The molecular formula is C21H32N4S. The maximum atomic E-state index is 4.55. The van der Waals surface area contributed by atoms with Crippen LogP contribution >= 0.6 is 11.8 Å². The highest BCUT2D eigenvalue weighted by Gasteiger charge is 2.35. The molecule has 3 aliphatic rings. The maximum absolute atomic E-state index is 4.55. The second-order valence-electron chi connectivity index (χ2n) is 7.88. The van der Waals surface area contributed by atoms with E-state index in [2.05, 4.69) is 56.1 Å². The van der Waals surface area contributed by atoms with Gasteiger partial charge in [0.15, 0.2) is 5.96 Å². The molecule has 2 aliphatic heterocycles. The number of nitrogens with zero attached hydrogens (tertiary/aromatic N) is 3. The number of rotatable bonds is 3. The molecule has 4 rings (SSSR count). The van der Waals surface area contributed by atoms with Crippen LogP contribution in [0.5, 0.6) is 0 Å². The van der Waals surface area contributed by atoms with Crippen molar-refractivity contribution < 1.29 is 0 Å². The summed E-state index contributed by atoms with van der Waals surface area (Å²) in [4.78, 5) is 9.54. The SMILES string of the molecule is CN=C(NCc1ccc(N2CCSCC2)cc1)N1CC2CCCCC2C1. The molecule has 2 saturated heterocycles. The van der Waals surface area contributed by atoms with Crippen molar-refractivity contribution in [3.63, 3.8) is 0 Å². The van der Waals surface area contributed by atoms with Gasteiger partial charge in [0.2, 0.25) is 0 Å². The van der Waals surface area contributed by atoms with E-state index in [0.717, 1.165) is 24.3 Å². The van der Waals surface area contributed by atoms with Crippen molar-refractivity contribution in [2.24, 2.45) is 16.8 Å². The van der Waals surface area contributed by atoms with Crippen LogP contribution in [-0.2, 0) is 6.54 Å². The molecule has 1 aromatic carbocycles. The molecule has 2 heterocycles. The van der Waals surface area contributed by atoms with Crippen LogP contribution < -0.4 is 10.2 Å². The normalized spacial score (nSPS) is 26.7. The van der Waals surface area contributed by atoms with Crippen LogP contribution in [0.25, 0.3) is 0 Å². The van der Waals surface area contributed by atoms with Crippen LogP contribution in [0, 0.1) is 11.8 Å². The first-order valence-corrected chi connectivity index (χ1v) is 11.4. The number of hydrogen-bond donors (Lipinski definition) is 1. The van der Waals surface area contributed by atoms with Crippen molar-refractivity contribution in [2.45, 2.75) is 32.2 Å². The van der Waals surface area contributed by atoms with E-state index in [0.29, 0.717) is 0 Å². The summed E-state index contributed by atoms with van der Waals surface area (Å²) in [5.74, 6) is 5.36. The fourth-order valence-electron chi connectivity index (χ4n) is 4.74. The van der Waals surface area contributed by atoms with E-state index in [4.69, 9.17) is 0 Å². The van der Waals surface area contributed by atoms with Crippen molar-refractivity contribution in [2.75, 3.05) is 49.6 Å². The van der Waals surface area contributed by atoms with Gasteiger partial charge < -0.3 is 15.1 Å². The van der Waals surface area contributed by atoms with Gasteiger partial charge in [0.1, 0.15) is 0 Å². The number of nitrogens with one attached hydrogen (secondary N) is 1. The summed E-state index contributed by atoms with van der Waals surface area (Å²) in [5, 5.41) is 3.60. The third-order valence-corrected chi connectivity index (χ3v) is 7.19. The highest BCUT2D eigenvalue weighted by atomic mass is 32.2. The second kappa shape index (κ2) is 8.55. The van der Waals surface area contributed by atoms with E-state index in [9.17, 15) is 0 Å². The first-order valence-electron chi connectivity index (χ1n) is 10.2. The lowest BCUT2D eigenvalue weighted by molar-refractivity contribution is 0.299. The lowest BCUT2D eigenvalue weighted by Gasteiger charge is -2.28. The predicted octanol–water partition coefficient (Wildman–Crippen LogP) is 3.44. The second-order valence-corrected chi connectivity index (χ2v) is 9.10. The first-order chi connectivity index (χ1) is 12.8. The van der Waals surface area contributed by atoms with Gasteiger partial charge in [-0.1, -0.05) is 25.0 Å². The molecular weight excluding hydrogens is 340 g/mol. The van der Waals surface area contributed by atoms with Gasteiger partial charge in [0.25, 0.3) is 0 Å². The molecule has 0 aromatic heterocycles. The molecule has 0 amide bonds. The Kier molecular flexibility index (Phi) is 5.93. The molecule has 1 aromatic rings. The minimum absolute atomic E-state index is 0.856. The van der Waals surface area contributed by atoms with Gasteiger partial charge in [-0.2, -0.15) is 11.8 Å². The minimum atomic E-state index is 0.856. The number of benzene rings is 1. The van der Waals surface area contributed by atoms with Gasteiger partial charge in [-0.05, 0) is 42.4 Å². The summed E-state index contributed by atoms with van der Waals surface area (Å²) < 4.78 is 0. The molecule has 0 radical (unpaired) electrons. The average Bonchev–Trinajstić information content (AvgIpc) is 3.13. The fourth-order valence-corrected chi connectivity index (χ4v) is 5.64. The Balaban J connectivity index is 1.31. The molecule has 1 aliphatic carbocycles. The molecule has 2 atom stereocenters. The van der Waals surface area contributed by atoms with Crippen LogP contribution in [0.2, 0.25) is 0 Å². The Labute approximate surface area is 162 Å². The average molecular weight is 373 g/mol. The number of aliphatic imine (C=N–C) groups is 1. The largest absolute Gasteiger partial charge is 0.370 e. The van der Waals surface area contributed by atoms with E-state index in [-0.39, 0.29) is 0 Å². The summed E-state index contributed by atoms with van der Waals surface area (Å²) >= 11 is 2.06.